The molecule has 0 fully saturated rings. The molecule has 1 amide bonds. The van der Waals surface area contributed by atoms with E-state index in [1.807, 2.05) is 6.92 Å². The van der Waals surface area contributed by atoms with E-state index < -0.39 is 6.09 Å². The maximum absolute atomic E-state index is 10.4. The molecule has 0 aromatic carbocycles. The van der Waals surface area contributed by atoms with Crippen molar-refractivity contribution in [1.82, 2.24) is 15.6 Å². The van der Waals surface area contributed by atoms with Crippen molar-refractivity contribution in [2.75, 3.05) is 0 Å². The average Bonchev–Trinajstić information content (AvgIpc) is 2.64. The van der Waals surface area contributed by atoms with Gasteiger partial charge >= 0.3 is 6.09 Å². The van der Waals surface area contributed by atoms with Crippen LogP contribution in [-0.2, 0) is 6.54 Å². The summed E-state index contributed by atoms with van der Waals surface area (Å²) in [5.41, 5.74) is 1.75. The number of nitrogens with zero attached hydrogens (tertiary/aromatic N) is 1. The summed E-state index contributed by atoms with van der Waals surface area (Å²) in [5, 5.41) is 14.0. The molecule has 1 aromatic heterocycles. The predicted octanol–water partition coefficient (Wildman–Crippen LogP) is 1.24. The van der Waals surface area contributed by atoms with E-state index in [0.717, 1.165) is 4.88 Å². The zero-order valence-corrected chi connectivity index (χ0v) is 8.67. The monoisotopic (exact) mass is 215 g/mol. The van der Waals surface area contributed by atoms with Crippen LogP contribution in [0.25, 0.3) is 0 Å². The number of hydrogen-bond donors (Lipinski definition) is 3. The van der Waals surface area contributed by atoms with E-state index in [1.54, 1.807) is 23.0 Å². The zero-order chi connectivity index (χ0) is 10.4. The molecule has 1 aromatic rings. The van der Waals surface area contributed by atoms with Gasteiger partial charge in [-0.1, -0.05) is 6.92 Å². The molecule has 1 rings (SSSR count). The molecule has 0 saturated heterocycles. The fraction of sp³-hybridized carbons (Fsp3) is 0.500. The molecule has 0 saturated carbocycles. The van der Waals surface area contributed by atoms with Crippen molar-refractivity contribution in [2.24, 2.45) is 0 Å². The first-order valence-corrected chi connectivity index (χ1v) is 5.20. The molecule has 0 radical (unpaired) electrons. The van der Waals surface area contributed by atoms with Crippen LogP contribution in [0.1, 0.15) is 18.2 Å². The van der Waals surface area contributed by atoms with Crippen LogP contribution < -0.4 is 10.6 Å². The Morgan fingerprint density at radius 2 is 2.57 bits per heavy atom. The van der Waals surface area contributed by atoms with Crippen LogP contribution in [0.4, 0.5) is 4.79 Å². The first-order chi connectivity index (χ1) is 6.72. The van der Waals surface area contributed by atoms with Gasteiger partial charge in [0.15, 0.2) is 0 Å². The summed E-state index contributed by atoms with van der Waals surface area (Å²) < 4.78 is 0. The summed E-state index contributed by atoms with van der Waals surface area (Å²) in [6, 6.07) is 0. The molecule has 5 nitrogen and oxygen atoms in total. The molecule has 0 bridgehead atoms. The van der Waals surface area contributed by atoms with E-state index in [-0.39, 0.29) is 6.17 Å². The van der Waals surface area contributed by atoms with Crippen molar-refractivity contribution in [2.45, 2.75) is 26.1 Å². The van der Waals surface area contributed by atoms with Gasteiger partial charge in [-0.15, -0.1) is 11.3 Å². The topological polar surface area (TPSA) is 74.2 Å². The lowest BCUT2D eigenvalue weighted by molar-refractivity contribution is 0.186. The Kier molecular flexibility index (Phi) is 4.34. The van der Waals surface area contributed by atoms with Gasteiger partial charge in [0, 0.05) is 17.6 Å². The number of rotatable bonds is 5. The number of carbonyl (C=O) groups is 1. The number of hydrogen-bond acceptors (Lipinski definition) is 4. The van der Waals surface area contributed by atoms with Crippen molar-refractivity contribution in [3.63, 3.8) is 0 Å². The van der Waals surface area contributed by atoms with Crippen molar-refractivity contribution in [3.05, 3.63) is 16.6 Å². The van der Waals surface area contributed by atoms with Gasteiger partial charge in [-0.25, -0.2) is 4.79 Å². The fourth-order valence-corrected chi connectivity index (χ4v) is 1.55. The largest absolute Gasteiger partial charge is 0.465 e. The van der Waals surface area contributed by atoms with Gasteiger partial charge in [-0.05, 0) is 6.42 Å². The summed E-state index contributed by atoms with van der Waals surface area (Å²) in [7, 11) is 0. The van der Waals surface area contributed by atoms with Gasteiger partial charge in [-0.2, -0.15) is 0 Å². The van der Waals surface area contributed by atoms with Crippen LogP contribution in [0, 0.1) is 0 Å². The first kappa shape index (κ1) is 10.9. The summed E-state index contributed by atoms with van der Waals surface area (Å²) in [6.07, 6.45) is 1.28. The molecule has 0 aliphatic carbocycles. The Morgan fingerprint density at radius 3 is 3.07 bits per heavy atom. The lowest BCUT2D eigenvalue weighted by Crippen LogP contribution is -2.43. The van der Waals surface area contributed by atoms with E-state index in [2.05, 4.69) is 15.6 Å². The second kappa shape index (κ2) is 5.56. The second-order valence-electron chi connectivity index (χ2n) is 2.76. The standard InChI is InChI=1S/C8H13N3O2S/c1-2-7(11-8(12)13)10-4-6-3-9-5-14-6/h3,5,7,10-11H,2,4H2,1H3,(H,12,13). The second-order valence-corrected chi connectivity index (χ2v) is 3.73. The third kappa shape index (κ3) is 3.71. The molecule has 0 aliphatic heterocycles. The Labute approximate surface area is 86.2 Å². The van der Waals surface area contributed by atoms with Crippen molar-refractivity contribution >= 4 is 17.4 Å². The van der Waals surface area contributed by atoms with Crippen LogP contribution in [0.3, 0.4) is 0 Å². The summed E-state index contributed by atoms with van der Waals surface area (Å²) >= 11 is 1.55. The van der Waals surface area contributed by atoms with Gasteiger partial charge in [0.25, 0.3) is 0 Å². The lowest BCUT2D eigenvalue weighted by Gasteiger charge is -2.15. The van der Waals surface area contributed by atoms with E-state index in [4.69, 9.17) is 5.11 Å². The fourth-order valence-electron chi connectivity index (χ4n) is 1.000. The molecule has 3 N–H and O–H groups in total. The highest BCUT2D eigenvalue weighted by Crippen LogP contribution is 2.04. The van der Waals surface area contributed by atoms with E-state index in [0.29, 0.717) is 13.0 Å². The normalized spacial score (nSPS) is 12.4. The molecule has 6 heteroatoms. The molecular formula is C8H13N3O2S. The van der Waals surface area contributed by atoms with E-state index in [1.165, 1.54) is 0 Å². The highest BCUT2D eigenvalue weighted by molar-refractivity contribution is 7.09. The number of carboxylic acid groups (broad SMARTS) is 1. The van der Waals surface area contributed by atoms with E-state index >= 15 is 0 Å². The number of nitrogens with one attached hydrogen (secondary N) is 2. The van der Waals surface area contributed by atoms with Gasteiger partial charge in [-0.3, -0.25) is 10.3 Å². The Balaban J connectivity index is 2.30. The van der Waals surface area contributed by atoms with Gasteiger partial charge in [0.05, 0.1) is 11.7 Å². The molecule has 78 valence electrons. The zero-order valence-electron chi connectivity index (χ0n) is 7.86. The van der Waals surface area contributed by atoms with Crippen LogP contribution in [0.15, 0.2) is 11.7 Å². The maximum atomic E-state index is 10.4. The van der Waals surface area contributed by atoms with Gasteiger partial charge < -0.3 is 10.4 Å². The molecule has 1 atom stereocenters. The quantitative estimate of drug-likeness (QED) is 0.646. The smallest absolute Gasteiger partial charge is 0.405 e. The molecular weight excluding hydrogens is 202 g/mol. The molecule has 0 aliphatic rings. The van der Waals surface area contributed by atoms with Crippen LogP contribution >= 0.6 is 11.3 Å². The molecule has 1 heterocycles. The van der Waals surface area contributed by atoms with E-state index in [9.17, 15) is 4.79 Å². The summed E-state index contributed by atoms with van der Waals surface area (Å²) in [5.74, 6) is 0. The van der Waals surface area contributed by atoms with Crippen LogP contribution in [0.5, 0.6) is 0 Å². The van der Waals surface area contributed by atoms with Gasteiger partial charge in [0.1, 0.15) is 0 Å². The minimum absolute atomic E-state index is 0.199. The average molecular weight is 215 g/mol. The number of thiazole rings is 1. The van der Waals surface area contributed by atoms with Crippen LogP contribution in [-0.4, -0.2) is 22.3 Å². The molecule has 14 heavy (non-hydrogen) atoms. The van der Waals surface area contributed by atoms with Crippen LogP contribution in [0.2, 0.25) is 0 Å². The van der Waals surface area contributed by atoms with Crippen molar-refractivity contribution < 1.29 is 9.90 Å². The Morgan fingerprint density at radius 1 is 1.79 bits per heavy atom. The molecule has 1 unspecified atom stereocenters. The highest BCUT2D eigenvalue weighted by atomic mass is 32.1. The van der Waals surface area contributed by atoms with Crippen molar-refractivity contribution in [1.29, 1.82) is 0 Å². The molecule has 0 spiro atoms. The summed E-state index contributed by atoms with van der Waals surface area (Å²) in [6.45, 7) is 2.56. The summed E-state index contributed by atoms with van der Waals surface area (Å²) in [4.78, 5) is 15.4. The predicted molar refractivity (Wildman–Crippen MR) is 54.2 cm³/mol. The minimum Gasteiger partial charge on any atom is -0.465 e. The SMILES string of the molecule is CCC(NCc1cncs1)NC(=O)O. The van der Waals surface area contributed by atoms with Crippen molar-refractivity contribution in [3.8, 4) is 0 Å². The highest BCUT2D eigenvalue weighted by Gasteiger charge is 2.07. The maximum Gasteiger partial charge on any atom is 0.405 e. The number of amides is 1. The minimum atomic E-state index is -1.01. The first-order valence-electron chi connectivity index (χ1n) is 4.32. The lowest BCUT2D eigenvalue weighted by atomic mass is 10.3. The third-order valence-corrected chi connectivity index (χ3v) is 2.49. The third-order valence-electron chi connectivity index (χ3n) is 1.71. The van der Waals surface area contributed by atoms with Gasteiger partial charge in [0.2, 0.25) is 0 Å². The Hall–Kier alpha value is -1.14. The number of aromatic nitrogens is 1. The Bertz CT molecular complexity index is 276.